The molecule has 1 aromatic rings. The molecule has 1 aliphatic rings. The molecular weight excluding hydrogens is 323 g/mol. The molecule has 0 spiro atoms. The fourth-order valence-corrected chi connectivity index (χ4v) is 2.41. The van der Waals surface area contributed by atoms with E-state index in [1.54, 1.807) is 0 Å². The van der Waals surface area contributed by atoms with Gasteiger partial charge in [-0.1, -0.05) is 11.6 Å². The molecule has 1 saturated carbocycles. The second-order valence-corrected chi connectivity index (χ2v) is 5.73. The Bertz CT molecular complexity index is 626. The van der Waals surface area contributed by atoms with Crippen LogP contribution in [0.5, 0.6) is 0 Å². The average molecular weight is 336 g/mol. The molecule has 0 radical (unpaired) electrons. The highest BCUT2D eigenvalue weighted by atomic mass is 35.5. The lowest BCUT2D eigenvalue weighted by Gasteiger charge is -2.22. The fourth-order valence-electron chi connectivity index (χ4n) is 2.11. The highest BCUT2D eigenvalue weighted by Crippen LogP contribution is 2.49. The molecular formula is C14H13ClF3NO3. The van der Waals surface area contributed by atoms with Gasteiger partial charge in [0.25, 0.3) is 0 Å². The Kier molecular flexibility index (Phi) is 4.12. The molecule has 22 heavy (non-hydrogen) atoms. The summed E-state index contributed by atoms with van der Waals surface area (Å²) in [4.78, 5) is 22.6. The van der Waals surface area contributed by atoms with Crippen LogP contribution in [0.25, 0.3) is 0 Å². The first kappa shape index (κ1) is 16.6. The summed E-state index contributed by atoms with van der Waals surface area (Å²) < 4.78 is 38.4. The molecule has 1 atom stereocenters. The lowest BCUT2D eigenvalue weighted by molar-refractivity contribution is -0.146. The van der Waals surface area contributed by atoms with Crippen molar-refractivity contribution in [1.82, 2.24) is 5.32 Å². The zero-order valence-corrected chi connectivity index (χ0v) is 12.3. The topological polar surface area (TPSA) is 66.4 Å². The Morgan fingerprint density at radius 3 is 2.41 bits per heavy atom. The van der Waals surface area contributed by atoms with Gasteiger partial charge in [-0.3, -0.25) is 9.59 Å². The number of carbonyl (C=O) groups is 2. The van der Waals surface area contributed by atoms with Crippen molar-refractivity contribution in [2.45, 2.75) is 31.5 Å². The predicted octanol–water partition coefficient (Wildman–Crippen LogP) is 3.18. The van der Waals surface area contributed by atoms with Crippen molar-refractivity contribution in [3.63, 3.8) is 0 Å². The molecule has 0 heterocycles. The van der Waals surface area contributed by atoms with Crippen LogP contribution in [0.4, 0.5) is 13.2 Å². The number of nitrogens with one attached hydrogen (secondary N) is 1. The highest BCUT2D eigenvalue weighted by molar-refractivity contribution is 6.31. The van der Waals surface area contributed by atoms with Crippen molar-refractivity contribution in [3.05, 3.63) is 34.3 Å². The summed E-state index contributed by atoms with van der Waals surface area (Å²) in [6, 6.07) is 2.90. The van der Waals surface area contributed by atoms with Gasteiger partial charge in [-0.15, -0.1) is 0 Å². The molecule has 1 aromatic carbocycles. The second-order valence-electron chi connectivity index (χ2n) is 5.32. The van der Waals surface area contributed by atoms with E-state index in [1.165, 1.54) is 6.92 Å². The van der Waals surface area contributed by atoms with Gasteiger partial charge in [0, 0.05) is 5.02 Å². The van der Waals surface area contributed by atoms with Crippen LogP contribution in [0.2, 0.25) is 5.02 Å². The maximum Gasteiger partial charge on any atom is 0.416 e. The summed E-state index contributed by atoms with van der Waals surface area (Å²) in [6.07, 6.45) is -3.70. The Morgan fingerprint density at radius 1 is 1.36 bits per heavy atom. The summed E-state index contributed by atoms with van der Waals surface area (Å²) in [5, 5.41) is 11.4. The van der Waals surface area contributed by atoms with Gasteiger partial charge < -0.3 is 10.4 Å². The third-order valence-corrected chi connectivity index (χ3v) is 4.02. The number of carboxylic acids is 1. The molecule has 120 valence electrons. The standard InChI is InChI=1S/C14H13ClF3NO3/c1-7(12(21)22)11(20)19-13(4-5-13)9-6-8(14(16,17)18)2-3-10(9)15/h2-3,6-7H,4-5H2,1H3,(H,19,20)(H,21,22). The Balaban J connectivity index is 2.31. The number of halogens is 4. The summed E-state index contributed by atoms with van der Waals surface area (Å²) in [5.41, 5.74) is -1.72. The van der Waals surface area contributed by atoms with Gasteiger partial charge in [0.2, 0.25) is 5.91 Å². The van der Waals surface area contributed by atoms with Gasteiger partial charge in [-0.2, -0.15) is 13.2 Å². The zero-order valence-electron chi connectivity index (χ0n) is 11.5. The minimum absolute atomic E-state index is 0.105. The smallest absolute Gasteiger partial charge is 0.416 e. The van der Waals surface area contributed by atoms with Crippen molar-refractivity contribution in [1.29, 1.82) is 0 Å². The lowest BCUT2D eigenvalue weighted by atomic mass is 10.0. The molecule has 1 fully saturated rings. The molecule has 0 bridgehead atoms. The number of carbonyl (C=O) groups excluding carboxylic acids is 1. The summed E-state index contributed by atoms with van der Waals surface area (Å²) in [6.45, 7) is 1.21. The minimum Gasteiger partial charge on any atom is -0.481 e. The van der Waals surface area contributed by atoms with Gasteiger partial charge in [-0.25, -0.2) is 0 Å². The molecule has 1 unspecified atom stereocenters. The number of hydrogen-bond acceptors (Lipinski definition) is 2. The van der Waals surface area contributed by atoms with E-state index in [2.05, 4.69) is 5.32 Å². The minimum atomic E-state index is -4.52. The second kappa shape index (κ2) is 5.46. The zero-order chi connectivity index (χ0) is 16.7. The van der Waals surface area contributed by atoms with Crippen LogP contribution in [0.3, 0.4) is 0 Å². The molecule has 1 amide bonds. The number of rotatable bonds is 4. The Hall–Kier alpha value is -1.76. The van der Waals surface area contributed by atoms with Crippen LogP contribution >= 0.6 is 11.6 Å². The van der Waals surface area contributed by atoms with E-state index < -0.39 is 35.1 Å². The third-order valence-electron chi connectivity index (χ3n) is 3.69. The monoisotopic (exact) mass is 335 g/mol. The summed E-state index contributed by atoms with van der Waals surface area (Å²) >= 11 is 5.96. The molecule has 4 nitrogen and oxygen atoms in total. The first-order chi connectivity index (χ1) is 10.1. The van der Waals surface area contributed by atoms with Gasteiger partial charge in [-0.05, 0) is 43.5 Å². The Morgan fingerprint density at radius 2 is 1.95 bits per heavy atom. The molecule has 2 N–H and O–H groups in total. The van der Waals surface area contributed by atoms with E-state index in [0.717, 1.165) is 18.2 Å². The maximum atomic E-state index is 12.8. The quantitative estimate of drug-likeness (QED) is 0.830. The number of aliphatic carboxylic acids is 1. The van der Waals surface area contributed by atoms with E-state index in [-0.39, 0.29) is 10.6 Å². The van der Waals surface area contributed by atoms with E-state index in [1.807, 2.05) is 0 Å². The van der Waals surface area contributed by atoms with Crippen molar-refractivity contribution in [2.75, 3.05) is 0 Å². The molecule has 2 rings (SSSR count). The summed E-state index contributed by atoms with van der Waals surface area (Å²) in [5.74, 6) is -3.34. The van der Waals surface area contributed by atoms with Crippen LogP contribution in [0.15, 0.2) is 18.2 Å². The van der Waals surface area contributed by atoms with Gasteiger partial charge in [0.1, 0.15) is 5.92 Å². The van der Waals surface area contributed by atoms with Crippen molar-refractivity contribution < 1.29 is 27.9 Å². The molecule has 0 saturated heterocycles. The number of alkyl halides is 3. The Labute approximate surface area is 129 Å². The highest BCUT2D eigenvalue weighted by Gasteiger charge is 2.48. The number of benzene rings is 1. The largest absolute Gasteiger partial charge is 0.481 e. The summed E-state index contributed by atoms with van der Waals surface area (Å²) in [7, 11) is 0. The third kappa shape index (κ3) is 3.19. The van der Waals surface area contributed by atoms with Gasteiger partial charge in [0.15, 0.2) is 0 Å². The average Bonchev–Trinajstić information content (AvgIpc) is 3.17. The normalized spacial score (nSPS) is 17.7. The predicted molar refractivity (Wildman–Crippen MR) is 72.3 cm³/mol. The fraction of sp³-hybridized carbons (Fsp3) is 0.429. The van der Waals surface area contributed by atoms with Crippen molar-refractivity contribution in [2.24, 2.45) is 5.92 Å². The van der Waals surface area contributed by atoms with E-state index >= 15 is 0 Å². The van der Waals surface area contributed by atoms with Gasteiger partial charge >= 0.3 is 12.1 Å². The van der Waals surface area contributed by atoms with Crippen molar-refractivity contribution >= 4 is 23.5 Å². The number of amides is 1. The number of carboxylic acid groups (broad SMARTS) is 1. The van der Waals surface area contributed by atoms with E-state index in [4.69, 9.17) is 16.7 Å². The van der Waals surface area contributed by atoms with Crippen molar-refractivity contribution in [3.8, 4) is 0 Å². The molecule has 8 heteroatoms. The molecule has 0 aromatic heterocycles. The number of hydrogen-bond donors (Lipinski definition) is 2. The van der Waals surface area contributed by atoms with Crippen LogP contribution in [0, 0.1) is 5.92 Å². The molecule has 0 aliphatic heterocycles. The van der Waals surface area contributed by atoms with Crippen LogP contribution in [-0.4, -0.2) is 17.0 Å². The van der Waals surface area contributed by atoms with E-state index in [0.29, 0.717) is 12.8 Å². The lowest BCUT2D eigenvalue weighted by Crippen LogP contribution is -2.40. The van der Waals surface area contributed by atoms with Gasteiger partial charge in [0.05, 0.1) is 11.1 Å². The van der Waals surface area contributed by atoms with E-state index in [9.17, 15) is 22.8 Å². The maximum absolute atomic E-state index is 12.8. The SMILES string of the molecule is CC(C(=O)O)C(=O)NC1(c2cc(C(F)(F)F)ccc2Cl)CC1. The first-order valence-corrected chi connectivity index (χ1v) is 6.87. The molecule has 1 aliphatic carbocycles. The first-order valence-electron chi connectivity index (χ1n) is 6.49. The van der Waals surface area contributed by atoms with Crippen LogP contribution in [0.1, 0.15) is 30.9 Å². The van der Waals surface area contributed by atoms with Crippen LogP contribution < -0.4 is 5.32 Å². The van der Waals surface area contributed by atoms with Crippen LogP contribution in [-0.2, 0) is 21.3 Å².